The maximum atomic E-state index is 8.75. The number of rotatable bonds is 5. The second-order valence-electron chi connectivity index (χ2n) is 3.05. The van der Waals surface area contributed by atoms with Gasteiger partial charge in [0.1, 0.15) is 0 Å². The molecule has 0 aliphatic rings. The third kappa shape index (κ3) is 3.17. The molecule has 0 aliphatic carbocycles. The molecule has 0 aromatic heterocycles. The van der Waals surface area contributed by atoms with Gasteiger partial charge in [0.2, 0.25) is 0 Å². The molecular formula is C12H15NO2. The van der Waals surface area contributed by atoms with Gasteiger partial charge in [-0.2, -0.15) is 5.26 Å². The Morgan fingerprint density at radius 3 is 2.60 bits per heavy atom. The first kappa shape index (κ1) is 11.4. The topological polar surface area (TPSA) is 42.2 Å². The van der Waals surface area contributed by atoms with Crippen LogP contribution in [0, 0.1) is 11.3 Å². The fourth-order valence-corrected chi connectivity index (χ4v) is 1.18. The lowest BCUT2D eigenvalue weighted by Crippen LogP contribution is -2.00. The van der Waals surface area contributed by atoms with Gasteiger partial charge in [-0.05, 0) is 25.5 Å². The van der Waals surface area contributed by atoms with Gasteiger partial charge in [0.05, 0.1) is 24.8 Å². The zero-order valence-electron chi connectivity index (χ0n) is 9.12. The van der Waals surface area contributed by atoms with E-state index in [0.29, 0.717) is 30.3 Å². The quantitative estimate of drug-likeness (QED) is 0.742. The largest absolute Gasteiger partial charge is 0.490 e. The molecule has 0 N–H and O–H groups in total. The summed E-state index contributed by atoms with van der Waals surface area (Å²) in [5.74, 6) is 1.35. The molecule has 0 aliphatic heterocycles. The first-order valence-corrected chi connectivity index (χ1v) is 5.11. The predicted octanol–water partition coefficient (Wildman–Crippen LogP) is 2.75. The van der Waals surface area contributed by atoms with Crippen molar-refractivity contribution >= 4 is 0 Å². The van der Waals surface area contributed by atoms with Crippen molar-refractivity contribution in [3.05, 3.63) is 23.8 Å². The standard InChI is InChI=1S/C12H15NO2/c1-3-7-15-11-6-5-10(9-13)8-12(11)14-4-2/h5-6,8H,3-4,7H2,1-2H3. The SMILES string of the molecule is CCCOc1ccc(C#N)cc1OCC. The molecule has 15 heavy (non-hydrogen) atoms. The van der Waals surface area contributed by atoms with Crippen LogP contribution in [0.25, 0.3) is 0 Å². The second-order valence-corrected chi connectivity index (χ2v) is 3.05. The number of nitriles is 1. The summed E-state index contributed by atoms with van der Waals surface area (Å²) in [4.78, 5) is 0. The maximum Gasteiger partial charge on any atom is 0.162 e. The van der Waals surface area contributed by atoms with E-state index in [1.165, 1.54) is 0 Å². The molecule has 0 spiro atoms. The Hall–Kier alpha value is -1.69. The van der Waals surface area contributed by atoms with Crippen molar-refractivity contribution in [2.45, 2.75) is 20.3 Å². The first-order chi connectivity index (χ1) is 7.31. The lowest BCUT2D eigenvalue weighted by atomic mass is 10.2. The summed E-state index contributed by atoms with van der Waals surface area (Å²) in [7, 11) is 0. The van der Waals surface area contributed by atoms with Gasteiger partial charge in [0, 0.05) is 6.07 Å². The van der Waals surface area contributed by atoms with Crippen LogP contribution in [0.2, 0.25) is 0 Å². The van der Waals surface area contributed by atoms with Crippen LogP contribution in [-0.4, -0.2) is 13.2 Å². The average Bonchev–Trinajstić information content (AvgIpc) is 2.27. The van der Waals surface area contributed by atoms with Crippen LogP contribution < -0.4 is 9.47 Å². The van der Waals surface area contributed by atoms with E-state index in [1.54, 1.807) is 18.2 Å². The molecule has 0 saturated carbocycles. The average molecular weight is 205 g/mol. The maximum absolute atomic E-state index is 8.75. The minimum Gasteiger partial charge on any atom is -0.490 e. The monoisotopic (exact) mass is 205 g/mol. The lowest BCUT2D eigenvalue weighted by molar-refractivity contribution is 0.277. The molecule has 0 radical (unpaired) electrons. The third-order valence-electron chi connectivity index (χ3n) is 1.83. The molecule has 0 amide bonds. The molecule has 3 heteroatoms. The number of nitrogens with zero attached hydrogens (tertiary/aromatic N) is 1. The Bertz CT molecular complexity index is 355. The minimum absolute atomic E-state index is 0.567. The highest BCUT2D eigenvalue weighted by Crippen LogP contribution is 2.28. The van der Waals surface area contributed by atoms with E-state index in [2.05, 4.69) is 6.07 Å². The molecule has 80 valence electrons. The lowest BCUT2D eigenvalue weighted by Gasteiger charge is -2.11. The van der Waals surface area contributed by atoms with Crippen molar-refractivity contribution in [2.24, 2.45) is 0 Å². The van der Waals surface area contributed by atoms with Crippen LogP contribution in [-0.2, 0) is 0 Å². The summed E-state index contributed by atoms with van der Waals surface area (Å²) in [5, 5.41) is 8.75. The predicted molar refractivity (Wildman–Crippen MR) is 58.1 cm³/mol. The molecule has 0 fully saturated rings. The third-order valence-corrected chi connectivity index (χ3v) is 1.83. The van der Waals surface area contributed by atoms with E-state index in [-0.39, 0.29) is 0 Å². The zero-order valence-corrected chi connectivity index (χ0v) is 9.12. The highest BCUT2D eigenvalue weighted by molar-refractivity contribution is 5.46. The van der Waals surface area contributed by atoms with Crippen molar-refractivity contribution in [1.82, 2.24) is 0 Å². The molecule has 1 rings (SSSR count). The van der Waals surface area contributed by atoms with Crippen LogP contribution in [0.1, 0.15) is 25.8 Å². The molecule has 0 unspecified atom stereocenters. The molecule has 1 aromatic carbocycles. The Labute approximate surface area is 90.2 Å². The van der Waals surface area contributed by atoms with Gasteiger partial charge < -0.3 is 9.47 Å². The van der Waals surface area contributed by atoms with Gasteiger partial charge in [-0.1, -0.05) is 6.92 Å². The fraction of sp³-hybridized carbons (Fsp3) is 0.417. The highest BCUT2D eigenvalue weighted by Gasteiger charge is 2.05. The van der Waals surface area contributed by atoms with E-state index in [9.17, 15) is 0 Å². The van der Waals surface area contributed by atoms with Crippen LogP contribution in [0.5, 0.6) is 11.5 Å². The van der Waals surface area contributed by atoms with Gasteiger partial charge in [0.15, 0.2) is 11.5 Å². The first-order valence-electron chi connectivity index (χ1n) is 5.11. The van der Waals surface area contributed by atoms with E-state index >= 15 is 0 Å². The van der Waals surface area contributed by atoms with Crippen molar-refractivity contribution in [3.8, 4) is 17.6 Å². The molecule has 0 saturated heterocycles. The van der Waals surface area contributed by atoms with Crippen molar-refractivity contribution < 1.29 is 9.47 Å². The summed E-state index contributed by atoms with van der Waals surface area (Å²) in [6.45, 7) is 5.18. The summed E-state index contributed by atoms with van der Waals surface area (Å²) in [6.07, 6.45) is 0.950. The van der Waals surface area contributed by atoms with Gasteiger partial charge in [0.25, 0.3) is 0 Å². The Kier molecular flexibility index (Phi) is 4.49. The number of hydrogen-bond donors (Lipinski definition) is 0. The second kappa shape index (κ2) is 5.92. The highest BCUT2D eigenvalue weighted by atomic mass is 16.5. The normalized spacial score (nSPS) is 9.40. The summed E-state index contributed by atoms with van der Waals surface area (Å²) in [5.41, 5.74) is 0.585. The van der Waals surface area contributed by atoms with Crippen LogP contribution in [0.3, 0.4) is 0 Å². The zero-order chi connectivity index (χ0) is 11.1. The Morgan fingerprint density at radius 1 is 1.20 bits per heavy atom. The number of ether oxygens (including phenoxy) is 2. The molecule has 0 atom stereocenters. The summed E-state index contributed by atoms with van der Waals surface area (Å²) in [6, 6.07) is 7.28. The van der Waals surface area contributed by atoms with Gasteiger partial charge in [-0.3, -0.25) is 0 Å². The van der Waals surface area contributed by atoms with Gasteiger partial charge in [-0.15, -0.1) is 0 Å². The van der Waals surface area contributed by atoms with Crippen LogP contribution in [0.4, 0.5) is 0 Å². The van der Waals surface area contributed by atoms with Crippen LogP contribution >= 0.6 is 0 Å². The molecule has 0 bridgehead atoms. The van der Waals surface area contributed by atoms with Gasteiger partial charge in [-0.25, -0.2) is 0 Å². The molecule has 3 nitrogen and oxygen atoms in total. The minimum atomic E-state index is 0.567. The van der Waals surface area contributed by atoms with Crippen LogP contribution in [0.15, 0.2) is 18.2 Å². The summed E-state index contributed by atoms with van der Waals surface area (Å²) >= 11 is 0. The smallest absolute Gasteiger partial charge is 0.162 e. The van der Waals surface area contributed by atoms with Gasteiger partial charge >= 0.3 is 0 Å². The van der Waals surface area contributed by atoms with E-state index < -0.39 is 0 Å². The van der Waals surface area contributed by atoms with E-state index in [1.807, 2.05) is 13.8 Å². The van der Waals surface area contributed by atoms with Crippen molar-refractivity contribution in [1.29, 1.82) is 5.26 Å². The number of hydrogen-bond acceptors (Lipinski definition) is 3. The van der Waals surface area contributed by atoms with E-state index in [0.717, 1.165) is 6.42 Å². The van der Waals surface area contributed by atoms with Crippen molar-refractivity contribution in [2.75, 3.05) is 13.2 Å². The Morgan fingerprint density at radius 2 is 2.00 bits per heavy atom. The number of benzene rings is 1. The fourth-order valence-electron chi connectivity index (χ4n) is 1.18. The molecular weight excluding hydrogens is 190 g/mol. The Balaban J connectivity index is 2.88. The van der Waals surface area contributed by atoms with Crippen molar-refractivity contribution in [3.63, 3.8) is 0 Å². The summed E-state index contributed by atoms with van der Waals surface area (Å²) < 4.78 is 10.9. The molecule has 1 aromatic rings. The molecule has 0 heterocycles. The van der Waals surface area contributed by atoms with E-state index in [4.69, 9.17) is 14.7 Å².